The molecular formula is C14H17NO2. The first-order valence-electron chi connectivity index (χ1n) is 5.74. The first-order valence-corrected chi connectivity index (χ1v) is 5.74. The number of aliphatic hydroxyl groups excluding tert-OH is 1. The van der Waals surface area contributed by atoms with E-state index in [9.17, 15) is 5.11 Å². The van der Waals surface area contributed by atoms with E-state index in [0.29, 0.717) is 5.92 Å². The van der Waals surface area contributed by atoms with Crippen LogP contribution in [0.2, 0.25) is 0 Å². The molecule has 0 unspecified atom stereocenters. The maximum atomic E-state index is 9.44. The third kappa shape index (κ3) is 2.24. The van der Waals surface area contributed by atoms with Crippen LogP contribution in [-0.4, -0.2) is 17.2 Å². The highest BCUT2D eigenvalue weighted by Gasteiger charge is 2.08. The van der Waals surface area contributed by atoms with Gasteiger partial charge in [-0.25, -0.2) is 0 Å². The zero-order valence-electron chi connectivity index (χ0n) is 10.4. The van der Waals surface area contributed by atoms with Gasteiger partial charge in [0.05, 0.1) is 19.2 Å². The second-order valence-corrected chi connectivity index (χ2v) is 4.40. The Morgan fingerprint density at radius 3 is 2.65 bits per heavy atom. The Kier molecular flexibility index (Phi) is 3.29. The fourth-order valence-corrected chi connectivity index (χ4v) is 1.85. The molecule has 1 N–H and O–H groups in total. The maximum absolute atomic E-state index is 9.44. The molecule has 2 aromatic rings. The van der Waals surface area contributed by atoms with Gasteiger partial charge in [0.2, 0.25) is 0 Å². The number of nitrogens with zero attached hydrogens (tertiary/aromatic N) is 1. The summed E-state index contributed by atoms with van der Waals surface area (Å²) in [6, 6.07) is 7.70. The summed E-state index contributed by atoms with van der Waals surface area (Å²) in [4.78, 5) is 4.59. The molecule has 0 atom stereocenters. The highest BCUT2D eigenvalue weighted by atomic mass is 16.5. The van der Waals surface area contributed by atoms with Crippen LogP contribution in [0.25, 0.3) is 10.9 Å². The van der Waals surface area contributed by atoms with Gasteiger partial charge in [-0.2, -0.15) is 0 Å². The molecule has 0 saturated carbocycles. The Morgan fingerprint density at radius 2 is 2.06 bits per heavy atom. The smallest absolute Gasteiger partial charge is 0.119 e. The highest BCUT2D eigenvalue weighted by molar-refractivity contribution is 5.83. The van der Waals surface area contributed by atoms with E-state index in [1.165, 1.54) is 0 Å². The van der Waals surface area contributed by atoms with Crippen LogP contribution in [0.3, 0.4) is 0 Å². The SMILES string of the molecule is COc1ccc2nc(C(C)C)cc(CO)c2c1. The molecule has 0 amide bonds. The Balaban J connectivity index is 2.68. The van der Waals surface area contributed by atoms with Crippen LogP contribution >= 0.6 is 0 Å². The average molecular weight is 231 g/mol. The van der Waals surface area contributed by atoms with Crippen molar-refractivity contribution in [3.05, 3.63) is 35.5 Å². The lowest BCUT2D eigenvalue weighted by atomic mass is 10.0. The molecule has 0 aliphatic rings. The van der Waals surface area contributed by atoms with Crippen molar-refractivity contribution in [2.45, 2.75) is 26.4 Å². The van der Waals surface area contributed by atoms with Crippen molar-refractivity contribution in [2.24, 2.45) is 0 Å². The Morgan fingerprint density at radius 1 is 1.29 bits per heavy atom. The number of aliphatic hydroxyl groups is 1. The van der Waals surface area contributed by atoms with Gasteiger partial charge in [-0.15, -0.1) is 0 Å². The van der Waals surface area contributed by atoms with E-state index < -0.39 is 0 Å². The van der Waals surface area contributed by atoms with Gasteiger partial charge in [0.15, 0.2) is 0 Å². The molecule has 0 saturated heterocycles. The number of hydrogen-bond donors (Lipinski definition) is 1. The molecule has 17 heavy (non-hydrogen) atoms. The zero-order valence-corrected chi connectivity index (χ0v) is 10.4. The lowest BCUT2D eigenvalue weighted by Crippen LogP contribution is -1.98. The van der Waals surface area contributed by atoms with Crippen LogP contribution in [-0.2, 0) is 6.61 Å². The van der Waals surface area contributed by atoms with Crippen molar-refractivity contribution in [1.29, 1.82) is 0 Å². The third-order valence-corrected chi connectivity index (χ3v) is 2.88. The van der Waals surface area contributed by atoms with Crippen LogP contribution in [0.1, 0.15) is 31.0 Å². The number of hydrogen-bond acceptors (Lipinski definition) is 3. The molecule has 0 aliphatic carbocycles. The fourth-order valence-electron chi connectivity index (χ4n) is 1.85. The number of methoxy groups -OCH3 is 1. The van der Waals surface area contributed by atoms with Gasteiger partial charge < -0.3 is 9.84 Å². The number of pyridine rings is 1. The van der Waals surface area contributed by atoms with Gasteiger partial charge in [0, 0.05) is 11.1 Å². The Bertz CT molecular complexity index is 535. The topological polar surface area (TPSA) is 42.4 Å². The molecule has 0 radical (unpaired) electrons. The van der Waals surface area contributed by atoms with E-state index >= 15 is 0 Å². The van der Waals surface area contributed by atoms with Crippen LogP contribution in [0.5, 0.6) is 5.75 Å². The standard InChI is InChI=1S/C14H17NO2/c1-9(2)14-6-10(8-16)12-7-11(17-3)4-5-13(12)15-14/h4-7,9,16H,8H2,1-3H3. The van der Waals surface area contributed by atoms with Crippen molar-refractivity contribution in [2.75, 3.05) is 7.11 Å². The van der Waals surface area contributed by atoms with E-state index in [4.69, 9.17) is 4.74 Å². The van der Waals surface area contributed by atoms with Crippen molar-refractivity contribution < 1.29 is 9.84 Å². The molecule has 3 heteroatoms. The van der Waals surface area contributed by atoms with Gasteiger partial charge in [0.1, 0.15) is 5.75 Å². The summed E-state index contributed by atoms with van der Waals surface area (Å²) in [6.45, 7) is 4.21. The number of aromatic nitrogens is 1. The first kappa shape index (κ1) is 11.9. The lowest BCUT2D eigenvalue weighted by molar-refractivity contribution is 0.283. The van der Waals surface area contributed by atoms with E-state index in [1.807, 2.05) is 24.3 Å². The second-order valence-electron chi connectivity index (χ2n) is 4.40. The van der Waals surface area contributed by atoms with Crippen LogP contribution in [0, 0.1) is 0 Å². The minimum Gasteiger partial charge on any atom is -0.497 e. The van der Waals surface area contributed by atoms with E-state index in [0.717, 1.165) is 27.9 Å². The van der Waals surface area contributed by atoms with Gasteiger partial charge in [-0.3, -0.25) is 4.98 Å². The number of ether oxygens (including phenoxy) is 1. The monoisotopic (exact) mass is 231 g/mol. The van der Waals surface area contributed by atoms with E-state index in [-0.39, 0.29) is 6.61 Å². The summed E-state index contributed by atoms with van der Waals surface area (Å²) in [7, 11) is 1.63. The molecule has 0 fully saturated rings. The molecule has 1 heterocycles. The van der Waals surface area contributed by atoms with Crippen LogP contribution in [0.15, 0.2) is 24.3 Å². The summed E-state index contributed by atoms with van der Waals surface area (Å²) < 4.78 is 5.19. The molecule has 1 aromatic carbocycles. The Hall–Kier alpha value is -1.61. The molecule has 0 bridgehead atoms. The summed E-state index contributed by atoms with van der Waals surface area (Å²) in [5, 5.41) is 10.4. The first-order chi connectivity index (χ1) is 8.15. The second kappa shape index (κ2) is 4.72. The minimum atomic E-state index is 0.0197. The molecule has 3 nitrogen and oxygen atoms in total. The maximum Gasteiger partial charge on any atom is 0.119 e. The van der Waals surface area contributed by atoms with Crippen molar-refractivity contribution in [1.82, 2.24) is 4.98 Å². The highest BCUT2D eigenvalue weighted by Crippen LogP contribution is 2.26. The molecular weight excluding hydrogens is 214 g/mol. The van der Waals surface area contributed by atoms with Crippen LogP contribution < -0.4 is 4.74 Å². The van der Waals surface area contributed by atoms with Crippen LogP contribution in [0.4, 0.5) is 0 Å². The normalized spacial score (nSPS) is 11.1. The molecule has 90 valence electrons. The predicted molar refractivity (Wildman–Crippen MR) is 68.3 cm³/mol. The van der Waals surface area contributed by atoms with Gasteiger partial charge in [0.25, 0.3) is 0 Å². The number of benzene rings is 1. The Labute approximate surface area is 101 Å². The quantitative estimate of drug-likeness (QED) is 0.883. The van der Waals surface area contributed by atoms with Crippen molar-refractivity contribution >= 4 is 10.9 Å². The predicted octanol–water partition coefficient (Wildman–Crippen LogP) is 2.86. The number of fused-ring (bicyclic) bond motifs is 1. The summed E-state index contributed by atoms with van der Waals surface area (Å²) in [6.07, 6.45) is 0. The number of rotatable bonds is 3. The van der Waals surface area contributed by atoms with Gasteiger partial charge in [-0.05, 0) is 35.7 Å². The average Bonchev–Trinajstić information content (AvgIpc) is 2.36. The summed E-state index contributed by atoms with van der Waals surface area (Å²) in [5.74, 6) is 1.14. The summed E-state index contributed by atoms with van der Waals surface area (Å²) >= 11 is 0. The fraction of sp³-hybridized carbons (Fsp3) is 0.357. The van der Waals surface area contributed by atoms with Gasteiger partial charge in [-0.1, -0.05) is 13.8 Å². The largest absolute Gasteiger partial charge is 0.497 e. The lowest BCUT2D eigenvalue weighted by Gasteiger charge is -2.11. The molecule has 2 rings (SSSR count). The van der Waals surface area contributed by atoms with E-state index in [2.05, 4.69) is 18.8 Å². The van der Waals surface area contributed by atoms with Gasteiger partial charge >= 0.3 is 0 Å². The zero-order chi connectivity index (χ0) is 12.4. The molecule has 0 aliphatic heterocycles. The van der Waals surface area contributed by atoms with Crippen molar-refractivity contribution in [3.8, 4) is 5.75 Å². The molecule has 1 aromatic heterocycles. The molecule has 0 spiro atoms. The summed E-state index contributed by atoms with van der Waals surface area (Å²) in [5.41, 5.74) is 2.81. The van der Waals surface area contributed by atoms with E-state index in [1.54, 1.807) is 7.11 Å². The third-order valence-electron chi connectivity index (χ3n) is 2.88. The minimum absolute atomic E-state index is 0.0197. The van der Waals surface area contributed by atoms with Crippen molar-refractivity contribution in [3.63, 3.8) is 0 Å².